The minimum absolute atomic E-state index is 0.0150. The first-order valence-electron chi connectivity index (χ1n) is 8.05. The minimum atomic E-state index is -0.0150. The summed E-state index contributed by atoms with van der Waals surface area (Å²) in [6.07, 6.45) is 3.82. The number of carbonyl (C=O) groups is 1. The highest BCUT2D eigenvalue weighted by atomic mass is 16.5. The molecule has 0 saturated carbocycles. The monoisotopic (exact) mass is 304 g/mol. The molecule has 120 valence electrons. The molecular formula is C17H24N2O3. The number of carbonyl (C=O) groups excluding carboxylic acids is 1. The van der Waals surface area contributed by atoms with E-state index in [1.165, 1.54) is 11.1 Å². The van der Waals surface area contributed by atoms with Crippen LogP contribution in [0.25, 0.3) is 0 Å². The van der Waals surface area contributed by atoms with Gasteiger partial charge in [-0.1, -0.05) is 12.1 Å². The largest absolute Gasteiger partial charge is 0.496 e. The Balaban J connectivity index is 1.67. The van der Waals surface area contributed by atoms with Crippen LogP contribution in [0.5, 0.6) is 5.75 Å². The average Bonchev–Trinajstić information content (AvgIpc) is 2.98. The maximum Gasteiger partial charge on any atom is 0.317 e. The number of nitrogens with one attached hydrogen (secondary N) is 1. The van der Waals surface area contributed by atoms with E-state index in [1.807, 2.05) is 17.0 Å². The maximum absolute atomic E-state index is 12.5. The van der Waals surface area contributed by atoms with Gasteiger partial charge in [-0.25, -0.2) is 4.79 Å². The highest BCUT2D eigenvalue weighted by Crippen LogP contribution is 2.36. The molecule has 0 radical (unpaired) electrons. The number of amides is 2. The number of fused-ring (bicyclic) bond motifs is 1. The molecule has 5 heteroatoms. The number of rotatable bonds is 3. The van der Waals surface area contributed by atoms with E-state index in [0.717, 1.165) is 38.0 Å². The molecule has 2 atom stereocenters. The lowest BCUT2D eigenvalue weighted by atomic mass is 9.99. The number of hydrogen-bond acceptors (Lipinski definition) is 3. The van der Waals surface area contributed by atoms with Crippen molar-refractivity contribution in [2.75, 3.05) is 26.8 Å². The smallest absolute Gasteiger partial charge is 0.317 e. The molecule has 1 saturated heterocycles. The summed E-state index contributed by atoms with van der Waals surface area (Å²) in [5.41, 5.74) is 2.38. The molecule has 0 spiro atoms. The second kappa shape index (κ2) is 6.57. The van der Waals surface area contributed by atoms with Gasteiger partial charge in [0.25, 0.3) is 0 Å². The number of nitrogens with zero attached hydrogens (tertiary/aromatic N) is 1. The fourth-order valence-electron chi connectivity index (χ4n) is 3.60. The molecule has 0 aromatic heterocycles. The normalized spacial score (nSPS) is 24.0. The lowest BCUT2D eigenvalue weighted by Gasteiger charge is -2.32. The van der Waals surface area contributed by atoms with Crippen molar-refractivity contribution in [2.45, 2.75) is 31.7 Å². The Kier molecular flexibility index (Phi) is 4.52. The van der Waals surface area contributed by atoms with Crippen LogP contribution in [0.15, 0.2) is 18.2 Å². The topological polar surface area (TPSA) is 61.8 Å². The van der Waals surface area contributed by atoms with E-state index < -0.39 is 0 Å². The third-order valence-electron chi connectivity index (χ3n) is 4.81. The van der Waals surface area contributed by atoms with E-state index >= 15 is 0 Å². The van der Waals surface area contributed by atoms with E-state index in [0.29, 0.717) is 6.54 Å². The molecule has 1 fully saturated rings. The molecule has 1 heterocycles. The van der Waals surface area contributed by atoms with Crippen molar-refractivity contribution in [3.05, 3.63) is 29.3 Å². The third kappa shape index (κ3) is 2.90. The maximum atomic E-state index is 12.5. The third-order valence-corrected chi connectivity index (χ3v) is 4.81. The van der Waals surface area contributed by atoms with Gasteiger partial charge in [0.2, 0.25) is 0 Å². The number of methoxy groups -OCH3 is 1. The predicted octanol–water partition coefficient (Wildman–Crippen LogP) is 2.10. The first-order valence-corrected chi connectivity index (χ1v) is 8.05. The fourth-order valence-corrected chi connectivity index (χ4v) is 3.60. The standard InChI is InChI=1S/C17H24N2O3/c1-22-16-6-2-5-13-14(16)7-8-15(13)18-17(21)19-9-3-4-12(10-19)11-20/h2,5-6,12,15,20H,3-4,7-11H2,1H3,(H,18,21). The van der Waals surface area contributed by atoms with Gasteiger partial charge in [-0.15, -0.1) is 0 Å². The average molecular weight is 304 g/mol. The molecule has 0 bridgehead atoms. The second-order valence-corrected chi connectivity index (χ2v) is 6.21. The van der Waals surface area contributed by atoms with E-state index in [9.17, 15) is 9.90 Å². The van der Waals surface area contributed by atoms with Crippen LogP contribution in [0.1, 0.15) is 36.4 Å². The van der Waals surface area contributed by atoms with Crippen molar-refractivity contribution in [3.63, 3.8) is 0 Å². The number of ether oxygens (including phenoxy) is 1. The Hall–Kier alpha value is -1.75. The lowest BCUT2D eigenvalue weighted by Crippen LogP contribution is -2.46. The lowest BCUT2D eigenvalue weighted by molar-refractivity contribution is 0.128. The van der Waals surface area contributed by atoms with Gasteiger partial charge >= 0.3 is 6.03 Å². The molecule has 1 aliphatic heterocycles. The summed E-state index contributed by atoms with van der Waals surface area (Å²) in [6, 6.07) is 6.07. The van der Waals surface area contributed by atoms with E-state index in [4.69, 9.17) is 4.74 Å². The minimum Gasteiger partial charge on any atom is -0.496 e. The highest BCUT2D eigenvalue weighted by molar-refractivity contribution is 5.75. The molecular weight excluding hydrogens is 280 g/mol. The predicted molar refractivity (Wildman–Crippen MR) is 84.0 cm³/mol. The van der Waals surface area contributed by atoms with Gasteiger partial charge in [-0.3, -0.25) is 0 Å². The Bertz CT molecular complexity index is 547. The molecule has 3 rings (SSSR count). The summed E-state index contributed by atoms with van der Waals surface area (Å²) in [5.74, 6) is 1.13. The fraction of sp³-hybridized carbons (Fsp3) is 0.588. The van der Waals surface area contributed by atoms with Crippen molar-refractivity contribution in [1.82, 2.24) is 10.2 Å². The zero-order chi connectivity index (χ0) is 15.5. The van der Waals surface area contributed by atoms with Crippen molar-refractivity contribution in [3.8, 4) is 5.75 Å². The summed E-state index contributed by atoms with van der Waals surface area (Å²) in [7, 11) is 1.68. The Morgan fingerprint density at radius 1 is 1.45 bits per heavy atom. The second-order valence-electron chi connectivity index (χ2n) is 6.21. The molecule has 2 unspecified atom stereocenters. The van der Waals surface area contributed by atoms with Gasteiger partial charge in [0, 0.05) is 19.7 Å². The van der Waals surface area contributed by atoms with Gasteiger partial charge in [0.05, 0.1) is 13.2 Å². The van der Waals surface area contributed by atoms with Crippen molar-refractivity contribution in [1.29, 1.82) is 0 Å². The Labute approximate surface area is 131 Å². The number of aliphatic hydroxyl groups is 1. The number of likely N-dealkylation sites (tertiary alicyclic amines) is 1. The van der Waals surface area contributed by atoms with Crippen LogP contribution in [0, 0.1) is 5.92 Å². The van der Waals surface area contributed by atoms with Crippen LogP contribution < -0.4 is 10.1 Å². The van der Waals surface area contributed by atoms with Gasteiger partial charge in [-0.05, 0) is 48.8 Å². The summed E-state index contributed by atoms with van der Waals surface area (Å²) >= 11 is 0. The van der Waals surface area contributed by atoms with E-state index in [2.05, 4.69) is 11.4 Å². The number of piperidine rings is 1. The molecule has 22 heavy (non-hydrogen) atoms. The van der Waals surface area contributed by atoms with Crippen LogP contribution >= 0.6 is 0 Å². The summed E-state index contributed by atoms with van der Waals surface area (Å²) in [6.45, 7) is 1.59. The number of benzene rings is 1. The zero-order valence-electron chi connectivity index (χ0n) is 13.0. The number of aliphatic hydroxyl groups excluding tert-OH is 1. The first-order chi connectivity index (χ1) is 10.7. The van der Waals surface area contributed by atoms with Crippen molar-refractivity contribution < 1.29 is 14.6 Å². The summed E-state index contributed by atoms with van der Waals surface area (Å²) in [5, 5.41) is 12.4. The molecule has 1 aromatic carbocycles. The Morgan fingerprint density at radius 3 is 3.09 bits per heavy atom. The van der Waals surface area contributed by atoms with Crippen LogP contribution in [0.4, 0.5) is 4.79 Å². The summed E-state index contributed by atoms with van der Waals surface area (Å²) < 4.78 is 5.40. The van der Waals surface area contributed by atoms with E-state index in [-0.39, 0.29) is 24.6 Å². The first kappa shape index (κ1) is 15.2. The zero-order valence-corrected chi connectivity index (χ0v) is 13.0. The SMILES string of the molecule is COc1cccc2c1CCC2NC(=O)N1CCCC(CO)C1. The van der Waals surface area contributed by atoms with Gasteiger partial charge in [0.15, 0.2) is 0 Å². The molecule has 2 aliphatic rings. The number of urea groups is 1. The van der Waals surface area contributed by atoms with E-state index in [1.54, 1.807) is 7.11 Å². The molecule has 2 N–H and O–H groups in total. The quantitative estimate of drug-likeness (QED) is 0.899. The van der Waals surface area contributed by atoms with Crippen LogP contribution in [0.2, 0.25) is 0 Å². The molecule has 1 aliphatic carbocycles. The van der Waals surface area contributed by atoms with Gasteiger partial charge in [0.1, 0.15) is 5.75 Å². The highest BCUT2D eigenvalue weighted by Gasteiger charge is 2.29. The van der Waals surface area contributed by atoms with Crippen molar-refractivity contribution in [2.24, 2.45) is 5.92 Å². The summed E-state index contributed by atoms with van der Waals surface area (Å²) in [4.78, 5) is 14.3. The van der Waals surface area contributed by atoms with Crippen LogP contribution in [-0.4, -0.2) is 42.8 Å². The van der Waals surface area contributed by atoms with Gasteiger partial charge in [-0.2, -0.15) is 0 Å². The van der Waals surface area contributed by atoms with Gasteiger partial charge < -0.3 is 20.1 Å². The number of hydrogen-bond donors (Lipinski definition) is 2. The molecule has 5 nitrogen and oxygen atoms in total. The van der Waals surface area contributed by atoms with Crippen LogP contribution in [0.3, 0.4) is 0 Å². The van der Waals surface area contributed by atoms with Crippen molar-refractivity contribution >= 4 is 6.03 Å². The van der Waals surface area contributed by atoms with Crippen LogP contribution in [-0.2, 0) is 6.42 Å². The molecule has 1 aromatic rings. The Morgan fingerprint density at radius 2 is 2.32 bits per heavy atom. The molecule has 2 amide bonds.